The first-order valence-electron chi connectivity index (χ1n) is 9.99. The number of benzene rings is 2. The molecule has 0 heterocycles. The van der Waals surface area contributed by atoms with Gasteiger partial charge >= 0.3 is 6.18 Å². The van der Waals surface area contributed by atoms with Crippen LogP contribution in [0.4, 0.5) is 13.2 Å². The Labute approximate surface area is 170 Å². The van der Waals surface area contributed by atoms with Gasteiger partial charge in [-0.25, -0.2) is 0 Å². The van der Waals surface area contributed by atoms with Crippen molar-refractivity contribution < 1.29 is 23.0 Å². The zero-order valence-corrected chi connectivity index (χ0v) is 17.5. The van der Waals surface area contributed by atoms with Crippen molar-refractivity contribution in [3.8, 4) is 0 Å². The molecule has 29 heavy (non-hydrogen) atoms. The molecule has 1 aliphatic rings. The van der Waals surface area contributed by atoms with Gasteiger partial charge in [-0.1, -0.05) is 55.3 Å². The van der Waals surface area contributed by atoms with E-state index >= 15 is 0 Å². The molecule has 1 saturated carbocycles. The van der Waals surface area contributed by atoms with Crippen molar-refractivity contribution in [3.63, 3.8) is 0 Å². The third-order valence-electron chi connectivity index (χ3n) is 6.45. The minimum absolute atomic E-state index is 0.617. The first-order valence-corrected chi connectivity index (χ1v) is 9.99. The predicted octanol–water partition coefficient (Wildman–Crippen LogP) is 6.75. The van der Waals surface area contributed by atoms with E-state index in [4.69, 9.17) is 4.74 Å². The van der Waals surface area contributed by atoms with E-state index in [1.165, 1.54) is 13.8 Å². The van der Waals surface area contributed by atoms with Crippen LogP contribution in [0.15, 0.2) is 43.0 Å². The Bertz CT molecular complexity index is 919. The third kappa shape index (κ3) is 3.71. The highest BCUT2D eigenvalue weighted by Crippen LogP contribution is 2.51. The van der Waals surface area contributed by atoms with Gasteiger partial charge in [0.15, 0.2) is 5.60 Å². The van der Waals surface area contributed by atoms with Gasteiger partial charge in [-0.15, -0.1) is 0 Å². The maximum Gasteiger partial charge on any atom is 0.419 e. The maximum absolute atomic E-state index is 13.6. The van der Waals surface area contributed by atoms with Gasteiger partial charge in [0.05, 0.1) is 5.60 Å². The highest BCUT2D eigenvalue weighted by atomic mass is 19.4. The highest BCUT2D eigenvalue weighted by molar-refractivity contribution is 5.89. The molecule has 2 nitrogen and oxygen atoms in total. The molecule has 2 aromatic carbocycles. The Morgan fingerprint density at radius 2 is 1.69 bits per heavy atom. The molecule has 0 bridgehead atoms. The molecular weight excluding hydrogens is 377 g/mol. The molecule has 1 atom stereocenters. The average Bonchev–Trinajstić information content (AvgIpc) is 3.08. The van der Waals surface area contributed by atoms with Crippen LogP contribution in [0.1, 0.15) is 64.5 Å². The molecule has 5 heteroatoms. The van der Waals surface area contributed by atoms with Crippen LogP contribution >= 0.6 is 0 Å². The van der Waals surface area contributed by atoms with Crippen molar-refractivity contribution in [1.82, 2.24) is 0 Å². The lowest BCUT2D eigenvalue weighted by Crippen LogP contribution is -2.61. The van der Waals surface area contributed by atoms with Crippen molar-refractivity contribution in [2.24, 2.45) is 0 Å². The molecule has 158 valence electrons. The molecule has 0 aromatic heterocycles. The first kappa shape index (κ1) is 21.8. The Morgan fingerprint density at radius 3 is 2.24 bits per heavy atom. The largest absolute Gasteiger partial charge is 0.419 e. The maximum atomic E-state index is 13.6. The van der Waals surface area contributed by atoms with Gasteiger partial charge in [-0.05, 0) is 68.5 Å². The van der Waals surface area contributed by atoms with Crippen LogP contribution in [0.5, 0.6) is 0 Å². The van der Waals surface area contributed by atoms with Crippen molar-refractivity contribution in [1.29, 1.82) is 0 Å². The normalized spacial score (nSPS) is 19.3. The predicted molar refractivity (Wildman–Crippen MR) is 111 cm³/mol. The van der Waals surface area contributed by atoms with E-state index in [9.17, 15) is 18.3 Å². The van der Waals surface area contributed by atoms with Gasteiger partial charge in [0.25, 0.3) is 0 Å². The third-order valence-corrected chi connectivity index (χ3v) is 6.45. The van der Waals surface area contributed by atoms with Crippen LogP contribution in [0, 0.1) is 0 Å². The van der Waals surface area contributed by atoms with Crippen LogP contribution in [-0.2, 0) is 10.3 Å². The molecule has 2 aromatic rings. The lowest BCUT2D eigenvalue weighted by molar-refractivity contribution is -0.330. The van der Waals surface area contributed by atoms with Gasteiger partial charge in [0.1, 0.15) is 5.60 Å². The lowest BCUT2D eigenvalue weighted by Gasteiger charge is -2.46. The van der Waals surface area contributed by atoms with Gasteiger partial charge in [0.2, 0.25) is 0 Å². The average molecular weight is 406 g/mol. The number of rotatable bonds is 5. The number of aliphatic hydroxyl groups is 1. The summed E-state index contributed by atoms with van der Waals surface area (Å²) in [6, 6.07) is 11.9. The minimum atomic E-state index is -4.80. The summed E-state index contributed by atoms with van der Waals surface area (Å²) in [5.41, 5.74) is -2.82. The fourth-order valence-electron chi connectivity index (χ4n) is 4.25. The molecule has 0 amide bonds. The second kappa shape index (κ2) is 7.13. The zero-order valence-electron chi connectivity index (χ0n) is 17.5. The summed E-state index contributed by atoms with van der Waals surface area (Å²) in [6.07, 6.45) is -1.84. The standard InChI is InChI=1S/C24H29F3O2/c1-16(2)17-11-12-19-18(15-17)9-8-10-20(19)23(13-6-7-14-23)29-21(3,4)22(5,28)24(25,26)27/h8-12,15,28H,1,6-7,13-14H2,2-5H3. The summed E-state index contributed by atoms with van der Waals surface area (Å²) in [6.45, 7) is 9.36. The molecule has 3 rings (SSSR count). The van der Waals surface area contributed by atoms with Crippen molar-refractivity contribution in [2.75, 3.05) is 0 Å². The zero-order chi connectivity index (χ0) is 21.7. The molecule has 0 aliphatic heterocycles. The van der Waals surface area contributed by atoms with Gasteiger partial charge in [0, 0.05) is 0 Å². The summed E-state index contributed by atoms with van der Waals surface area (Å²) in [4.78, 5) is 0. The number of alkyl halides is 3. The van der Waals surface area contributed by atoms with E-state index in [1.807, 2.05) is 43.3 Å². The Balaban J connectivity index is 2.12. The van der Waals surface area contributed by atoms with Crippen LogP contribution < -0.4 is 0 Å². The molecular formula is C24H29F3O2. The second-order valence-corrected chi connectivity index (χ2v) is 8.91. The van der Waals surface area contributed by atoms with E-state index in [1.54, 1.807) is 0 Å². The van der Waals surface area contributed by atoms with E-state index in [2.05, 4.69) is 6.58 Å². The highest BCUT2D eigenvalue weighted by Gasteiger charge is 2.62. The molecule has 1 N–H and O–H groups in total. The van der Waals surface area contributed by atoms with Crippen LogP contribution in [0.3, 0.4) is 0 Å². The van der Waals surface area contributed by atoms with Crippen LogP contribution in [0.2, 0.25) is 0 Å². The number of allylic oxidation sites excluding steroid dienone is 1. The van der Waals surface area contributed by atoms with Crippen molar-refractivity contribution in [3.05, 3.63) is 54.1 Å². The summed E-state index contributed by atoms with van der Waals surface area (Å²) >= 11 is 0. The topological polar surface area (TPSA) is 29.5 Å². The molecule has 0 radical (unpaired) electrons. The monoisotopic (exact) mass is 406 g/mol. The van der Waals surface area contributed by atoms with Gasteiger partial charge < -0.3 is 9.84 Å². The fraction of sp³-hybridized carbons (Fsp3) is 0.500. The molecule has 1 unspecified atom stereocenters. The van der Waals surface area contributed by atoms with Gasteiger partial charge in [-0.2, -0.15) is 13.2 Å². The van der Waals surface area contributed by atoms with Crippen molar-refractivity contribution >= 4 is 16.3 Å². The summed E-state index contributed by atoms with van der Waals surface area (Å²) in [5, 5.41) is 12.3. The molecule has 0 saturated heterocycles. The number of fused-ring (bicyclic) bond motifs is 1. The minimum Gasteiger partial charge on any atom is -0.378 e. The number of halogens is 3. The van der Waals surface area contributed by atoms with E-state index in [-0.39, 0.29) is 0 Å². The second-order valence-electron chi connectivity index (χ2n) is 8.91. The quantitative estimate of drug-likeness (QED) is 0.595. The number of hydrogen-bond acceptors (Lipinski definition) is 2. The molecule has 1 aliphatic carbocycles. The summed E-state index contributed by atoms with van der Waals surface area (Å²) in [5.74, 6) is 0. The van der Waals surface area contributed by atoms with Crippen LogP contribution in [0.25, 0.3) is 16.3 Å². The number of ether oxygens (including phenoxy) is 1. The lowest BCUT2D eigenvalue weighted by atomic mass is 9.82. The van der Waals surface area contributed by atoms with Crippen LogP contribution in [-0.4, -0.2) is 22.5 Å². The Kier molecular flexibility index (Phi) is 5.38. The SMILES string of the molecule is C=C(C)c1ccc2c(C3(OC(C)(C)C(C)(O)C(F)(F)F)CCCC3)cccc2c1. The summed E-state index contributed by atoms with van der Waals surface area (Å²) in [7, 11) is 0. The Hall–Kier alpha value is -1.85. The van der Waals surface area contributed by atoms with Gasteiger partial charge in [-0.3, -0.25) is 0 Å². The molecule has 0 spiro atoms. The summed E-state index contributed by atoms with van der Waals surface area (Å²) < 4.78 is 47.0. The van der Waals surface area contributed by atoms with E-state index < -0.39 is 23.0 Å². The fourth-order valence-corrected chi connectivity index (χ4v) is 4.25. The smallest absolute Gasteiger partial charge is 0.378 e. The van der Waals surface area contributed by atoms with E-state index in [0.717, 1.165) is 47.2 Å². The Morgan fingerprint density at radius 1 is 1.07 bits per heavy atom. The molecule has 1 fully saturated rings. The number of hydrogen-bond donors (Lipinski definition) is 1. The van der Waals surface area contributed by atoms with Crippen molar-refractivity contribution in [2.45, 2.75) is 76.4 Å². The van der Waals surface area contributed by atoms with E-state index in [0.29, 0.717) is 12.8 Å². The first-order chi connectivity index (χ1) is 13.3.